The molecule has 158 valence electrons. The largest absolute Gasteiger partial charge is 0.339 e. The minimum absolute atomic E-state index is 0.152. The molecule has 1 aliphatic rings. The van der Waals surface area contributed by atoms with Crippen LogP contribution in [0.1, 0.15) is 10.6 Å². The van der Waals surface area contributed by atoms with Gasteiger partial charge in [-0.2, -0.15) is 0 Å². The molecule has 1 saturated heterocycles. The summed E-state index contributed by atoms with van der Waals surface area (Å²) in [6.45, 7) is 5.24. The van der Waals surface area contributed by atoms with Crippen molar-refractivity contribution in [2.75, 3.05) is 32.7 Å². The van der Waals surface area contributed by atoms with E-state index in [0.29, 0.717) is 13.1 Å². The number of hydrogen-bond acceptors (Lipinski definition) is 6. The van der Waals surface area contributed by atoms with Gasteiger partial charge in [0.05, 0.1) is 26.7 Å². The highest BCUT2D eigenvalue weighted by molar-refractivity contribution is 7.89. The average molecular weight is 445 g/mol. The van der Waals surface area contributed by atoms with Crippen LogP contribution in [0.2, 0.25) is 0 Å². The fourth-order valence-corrected chi connectivity index (χ4v) is 5.48. The Hall–Kier alpha value is -2.33. The Kier molecular flexibility index (Phi) is 6.14. The van der Waals surface area contributed by atoms with Gasteiger partial charge in [-0.15, -0.1) is 11.3 Å². The lowest BCUT2D eigenvalue weighted by Gasteiger charge is -2.34. The van der Waals surface area contributed by atoms with Gasteiger partial charge in [0.25, 0.3) is 0 Å². The molecule has 1 aliphatic heterocycles. The molecule has 3 aromatic rings. The summed E-state index contributed by atoms with van der Waals surface area (Å²) in [5.74, 6) is -0.201. The zero-order chi connectivity index (χ0) is 21.1. The molecule has 30 heavy (non-hydrogen) atoms. The number of thiazole rings is 1. The Morgan fingerprint density at radius 3 is 2.57 bits per heavy atom. The second kappa shape index (κ2) is 8.81. The SMILES string of the molecule is Cc1nc2ccc(S(=O)(=O)NCC(=O)N3CCN(Cc4ccccc4)CC3)cc2s1. The molecule has 1 N–H and O–H groups in total. The lowest BCUT2D eigenvalue weighted by atomic mass is 10.2. The van der Waals surface area contributed by atoms with Crippen molar-refractivity contribution in [2.24, 2.45) is 0 Å². The van der Waals surface area contributed by atoms with Gasteiger partial charge in [-0.1, -0.05) is 30.3 Å². The second-order valence-electron chi connectivity index (χ2n) is 7.33. The van der Waals surface area contributed by atoms with Gasteiger partial charge in [0, 0.05) is 32.7 Å². The third-order valence-electron chi connectivity index (χ3n) is 5.16. The second-order valence-corrected chi connectivity index (χ2v) is 10.3. The van der Waals surface area contributed by atoms with E-state index < -0.39 is 10.0 Å². The molecule has 0 bridgehead atoms. The number of benzene rings is 2. The Labute approximate surface area is 180 Å². The van der Waals surface area contributed by atoms with Crippen molar-refractivity contribution in [3.63, 3.8) is 0 Å². The van der Waals surface area contributed by atoms with Gasteiger partial charge in [-0.3, -0.25) is 9.69 Å². The first-order chi connectivity index (χ1) is 14.4. The Bertz CT molecular complexity index is 1140. The van der Waals surface area contributed by atoms with Gasteiger partial charge in [0.1, 0.15) is 0 Å². The molecular formula is C21H24N4O3S2. The zero-order valence-electron chi connectivity index (χ0n) is 16.7. The fraction of sp³-hybridized carbons (Fsp3) is 0.333. The van der Waals surface area contributed by atoms with Crippen LogP contribution < -0.4 is 4.72 Å². The number of carbonyl (C=O) groups excluding carboxylic acids is 1. The Balaban J connectivity index is 1.30. The molecule has 0 radical (unpaired) electrons. The van der Waals surface area contributed by atoms with Gasteiger partial charge in [-0.05, 0) is 30.7 Å². The highest BCUT2D eigenvalue weighted by Gasteiger charge is 2.23. The van der Waals surface area contributed by atoms with E-state index in [4.69, 9.17) is 0 Å². The minimum atomic E-state index is -3.76. The Morgan fingerprint density at radius 2 is 1.83 bits per heavy atom. The minimum Gasteiger partial charge on any atom is -0.339 e. The van der Waals surface area contributed by atoms with Crippen LogP contribution in [0, 0.1) is 6.92 Å². The third kappa shape index (κ3) is 4.86. The number of rotatable bonds is 6. The van der Waals surface area contributed by atoms with Gasteiger partial charge in [-0.25, -0.2) is 18.1 Å². The monoisotopic (exact) mass is 444 g/mol. The van der Waals surface area contributed by atoms with Gasteiger partial charge in [0.15, 0.2) is 0 Å². The van der Waals surface area contributed by atoms with Crippen molar-refractivity contribution in [1.82, 2.24) is 19.5 Å². The molecule has 0 spiro atoms. The maximum Gasteiger partial charge on any atom is 0.241 e. The number of piperazine rings is 1. The first-order valence-corrected chi connectivity index (χ1v) is 12.1. The zero-order valence-corrected chi connectivity index (χ0v) is 18.4. The summed E-state index contributed by atoms with van der Waals surface area (Å²) in [6, 6.07) is 15.1. The van der Waals surface area contributed by atoms with Crippen molar-refractivity contribution < 1.29 is 13.2 Å². The van der Waals surface area contributed by atoms with Gasteiger partial charge in [0.2, 0.25) is 15.9 Å². The lowest BCUT2D eigenvalue weighted by Crippen LogP contribution is -2.50. The van der Waals surface area contributed by atoms with Crippen LogP contribution in [0.25, 0.3) is 10.2 Å². The number of nitrogens with zero attached hydrogens (tertiary/aromatic N) is 3. The molecule has 1 aromatic heterocycles. The molecule has 2 aromatic carbocycles. The highest BCUT2D eigenvalue weighted by Crippen LogP contribution is 2.24. The van der Waals surface area contributed by atoms with E-state index >= 15 is 0 Å². The van der Waals surface area contributed by atoms with Crippen LogP contribution in [0.5, 0.6) is 0 Å². The molecule has 0 unspecified atom stereocenters. The van der Waals surface area contributed by atoms with Gasteiger partial charge >= 0.3 is 0 Å². The predicted octanol–water partition coefficient (Wildman–Crippen LogP) is 2.23. The predicted molar refractivity (Wildman–Crippen MR) is 118 cm³/mol. The molecule has 2 heterocycles. The maximum atomic E-state index is 12.6. The van der Waals surface area contributed by atoms with Crippen LogP contribution in [0.15, 0.2) is 53.4 Å². The summed E-state index contributed by atoms with van der Waals surface area (Å²) in [7, 11) is -3.76. The quantitative estimate of drug-likeness (QED) is 0.631. The summed E-state index contributed by atoms with van der Waals surface area (Å²) in [6.07, 6.45) is 0. The lowest BCUT2D eigenvalue weighted by molar-refractivity contribution is -0.131. The van der Waals surface area contributed by atoms with Crippen LogP contribution in [0.3, 0.4) is 0 Å². The molecule has 1 amide bonds. The summed E-state index contributed by atoms with van der Waals surface area (Å²) in [4.78, 5) is 21.0. The number of aryl methyl sites for hydroxylation is 1. The molecule has 0 aliphatic carbocycles. The third-order valence-corrected chi connectivity index (χ3v) is 7.50. The normalized spacial score (nSPS) is 15.6. The van der Waals surface area contributed by atoms with Crippen molar-refractivity contribution in [2.45, 2.75) is 18.4 Å². The molecular weight excluding hydrogens is 420 g/mol. The number of sulfonamides is 1. The number of amides is 1. The molecule has 4 rings (SSSR count). The maximum absolute atomic E-state index is 12.6. The van der Waals surface area contributed by atoms with Crippen LogP contribution in [0.4, 0.5) is 0 Å². The summed E-state index contributed by atoms with van der Waals surface area (Å²) < 4.78 is 28.5. The topological polar surface area (TPSA) is 82.6 Å². The summed E-state index contributed by atoms with van der Waals surface area (Å²) >= 11 is 1.45. The van der Waals surface area contributed by atoms with E-state index in [9.17, 15) is 13.2 Å². The number of fused-ring (bicyclic) bond motifs is 1. The van der Waals surface area contributed by atoms with E-state index in [1.54, 1.807) is 17.0 Å². The first-order valence-electron chi connectivity index (χ1n) is 9.82. The number of hydrogen-bond donors (Lipinski definition) is 1. The molecule has 1 fully saturated rings. The molecule has 0 saturated carbocycles. The Morgan fingerprint density at radius 1 is 1.10 bits per heavy atom. The van der Waals surface area contributed by atoms with Crippen molar-refractivity contribution in [3.05, 3.63) is 59.1 Å². The number of carbonyl (C=O) groups is 1. The van der Waals surface area contributed by atoms with E-state index in [0.717, 1.165) is 34.9 Å². The highest BCUT2D eigenvalue weighted by atomic mass is 32.2. The van der Waals surface area contributed by atoms with Crippen LogP contribution >= 0.6 is 11.3 Å². The van der Waals surface area contributed by atoms with Crippen molar-refractivity contribution >= 4 is 37.5 Å². The standard InChI is InChI=1S/C21H24N4O3S2/c1-16-23-19-8-7-18(13-20(19)29-16)30(27,28)22-14-21(26)25-11-9-24(10-12-25)15-17-5-3-2-4-6-17/h2-8,13,22H,9-12,14-15H2,1H3. The van der Waals surface area contributed by atoms with Crippen molar-refractivity contribution in [1.29, 1.82) is 0 Å². The fourth-order valence-electron chi connectivity index (χ4n) is 3.54. The van der Waals surface area contributed by atoms with E-state index in [-0.39, 0.29) is 17.3 Å². The van der Waals surface area contributed by atoms with Gasteiger partial charge < -0.3 is 4.90 Å². The van der Waals surface area contributed by atoms with E-state index in [1.807, 2.05) is 25.1 Å². The molecule has 9 heteroatoms. The summed E-state index contributed by atoms with van der Waals surface area (Å²) in [5, 5.41) is 0.883. The molecule has 7 nitrogen and oxygen atoms in total. The first kappa shape index (κ1) is 20.9. The van der Waals surface area contributed by atoms with E-state index in [1.165, 1.54) is 23.0 Å². The van der Waals surface area contributed by atoms with Crippen LogP contribution in [-0.4, -0.2) is 61.8 Å². The average Bonchev–Trinajstić information content (AvgIpc) is 3.12. The number of nitrogens with one attached hydrogen (secondary N) is 1. The van der Waals surface area contributed by atoms with Crippen molar-refractivity contribution in [3.8, 4) is 0 Å². The van der Waals surface area contributed by atoms with E-state index in [2.05, 4.69) is 26.7 Å². The number of aromatic nitrogens is 1. The molecule has 0 atom stereocenters. The summed E-state index contributed by atoms with van der Waals surface area (Å²) in [5.41, 5.74) is 2.03. The van der Waals surface area contributed by atoms with Crippen LogP contribution in [-0.2, 0) is 21.4 Å². The smallest absolute Gasteiger partial charge is 0.241 e.